The third kappa shape index (κ3) is 2.17. The van der Waals surface area contributed by atoms with Crippen LogP contribution in [0.1, 0.15) is 12.7 Å². The van der Waals surface area contributed by atoms with E-state index in [1.165, 1.54) is 17.3 Å². The topological polar surface area (TPSA) is 87.2 Å². The minimum Gasteiger partial charge on any atom is -0.272 e. The quantitative estimate of drug-likeness (QED) is 0.705. The van der Waals surface area contributed by atoms with Crippen molar-refractivity contribution in [2.24, 2.45) is 0 Å². The molecule has 0 saturated carbocycles. The molecule has 0 fully saturated rings. The first-order chi connectivity index (χ1) is 9.28. The minimum atomic E-state index is 0.0891. The largest absolute Gasteiger partial charge is 0.272 e. The average Bonchev–Trinajstić information content (AvgIpc) is 3.09. The van der Waals surface area contributed by atoms with Crippen molar-refractivity contribution in [2.75, 3.05) is 0 Å². The first-order valence-electron chi connectivity index (χ1n) is 5.57. The van der Waals surface area contributed by atoms with Gasteiger partial charge in [-0.3, -0.25) is 4.57 Å². The Morgan fingerprint density at radius 2 is 2.05 bits per heavy atom. The molecule has 0 atom stereocenters. The molecule has 3 aromatic rings. The van der Waals surface area contributed by atoms with Crippen molar-refractivity contribution >= 4 is 11.6 Å². The van der Waals surface area contributed by atoms with Crippen LogP contribution in [0.25, 0.3) is 11.9 Å². The summed E-state index contributed by atoms with van der Waals surface area (Å²) in [6, 6.07) is 0. The van der Waals surface area contributed by atoms with Crippen LogP contribution in [0.15, 0.2) is 25.0 Å². The first kappa shape index (κ1) is 11.7. The van der Waals surface area contributed by atoms with Gasteiger partial charge in [0.2, 0.25) is 11.2 Å². The highest BCUT2D eigenvalue weighted by atomic mass is 35.5. The second-order valence-corrected chi connectivity index (χ2v) is 3.95. The van der Waals surface area contributed by atoms with E-state index in [-0.39, 0.29) is 5.28 Å². The summed E-state index contributed by atoms with van der Waals surface area (Å²) < 4.78 is 3.17. The Hall–Kier alpha value is -2.35. The van der Waals surface area contributed by atoms with E-state index in [2.05, 4.69) is 30.0 Å². The molecule has 96 valence electrons. The van der Waals surface area contributed by atoms with Gasteiger partial charge in [-0.15, -0.1) is 0 Å². The molecule has 0 aromatic carbocycles. The van der Waals surface area contributed by atoms with Crippen molar-refractivity contribution in [3.8, 4) is 11.9 Å². The molecule has 3 aromatic heterocycles. The lowest BCUT2D eigenvalue weighted by molar-refractivity contribution is 0.758. The number of nitrogens with zero attached hydrogens (tertiary/aromatic N) is 8. The molecule has 0 radical (unpaired) electrons. The number of rotatable bonds is 3. The molecule has 0 N–H and O–H groups in total. The zero-order chi connectivity index (χ0) is 13.2. The fourth-order valence-electron chi connectivity index (χ4n) is 1.63. The molecule has 0 aliphatic rings. The molecule has 0 aliphatic heterocycles. The van der Waals surface area contributed by atoms with Crippen molar-refractivity contribution in [3.05, 3.63) is 36.2 Å². The van der Waals surface area contributed by atoms with E-state index in [1.54, 1.807) is 17.0 Å². The van der Waals surface area contributed by atoms with Crippen LogP contribution in [0.2, 0.25) is 5.28 Å². The molecule has 0 spiro atoms. The van der Waals surface area contributed by atoms with Crippen molar-refractivity contribution in [1.82, 2.24) is 39.3 Å². The smallest absolute Gasteiger partial charge is 0.258 e. The van der Waals surface area contributed by atoms with Crippen LogP contribution in [0.5, 0.6) is 0 Å². The number of imidazole rings is 1. The van der Waals surface area contributed by atoms with Crippen LogP contribution in [-0.2, 0) is 6.42 Å². The maximum Gasteiger partial charge on any atom is 0.258 e. The predicted octanol–water partition coefficient (Wildman–Crippen LogP) is 0.854. The first-order valence-corrected chi connectivity index (χ1v) is 5.95. The summed E-state index contributed by atoms with van der Waals surface area (Å²) in [5.41, 5.74) is 0. The third-order valence-corrected chi connectivity index (χ3v) is 2.63. The Bertz CT molecular complexity index is 689. The third-order valence-electron chi connectivity index (χ3n) is 2.46. The molecule has 8 nitrogen and oxygen atoms in total. The molecule has 0 bridgehead atoms. The lowest BCUT2D eigenvalue weighted by Crippen LogP contribution is -2.10. The molecular formula is C10H9ClN8. The molecule has 3 heterocycles. The van der Waals surface area contributed by atoms with Gasteiger partial charge >= 0.3 is 0 Å². The zero-order valence-corrected chi connectivity index (χ0v) is 10.7. The average molecular weight is 277 g/mol. The van der Waals surface area contributed by atoms with Gasteiger partial charge in [0.25, 0.3) is 5.95 Å². The van der Waals surface area contributed by atoms with Crippen molar-refractivity contribution < 1.29 is 0 Å². The maximum atomic E-state index is 5.92. The molecule has 0 aliphatic carbocycles. The lowest BCUT2D eigenvalue weighted by atomic mass is 10.4. The highest BCUT2D eigenvalue weighted by molar-refractivity contribution is 6.28. The summed E-state index contributed by atoms with van der Waals surface area (Å²) in [6.07, 6.45) is 7.10. The van der Waals surface area contributed by atoms with Crippen LogP contribution in [-0.4, -0.2) is 39.3 Å². The van der Waals surface area contributed by atoms with E-state index in [0.29, 0.717) is 11.9 Å². The van der Waals surface area contributed by atoms with Gasteiger partial charge in [0.05, 0.1) is 0 Å². The summed E-state index contributed by atoms with van der Waals surface area (Å²) in [5.74, 6) is 1.55. The number of halogens is 1. The van der Waals surface area contributed by atoms with Gasteiger partial charge in [0.1, 0.15) is 18.5 Å². The maximum absolute atomic E-state index is 5.92. The normalized spacial score (nSPS) is 10.8. The van der Waals surface area contributed by atoms with Crippen LogP contribution in [0.3, 0.4) is 0 Å². The Morgan fingerprint density at radius 3 is 2.79 bits per heavy atom. The van der Waals surface area contributed by atoms with Gasteiger partial charge in [0.15, 0.2) is 0 Å². The monoisotopic (exact) mass is 276 g/mol. The van der Waals surface area contributed by atoms with Gasteiger partial charge in [-0.05, 0) is 11.6 Å². The molecular weight excluding hydrogens is 268 g/mol. The van der Waals surface area contributed by atoms with Crippen LogP contribution < -0.4 is 0 Å². The van der Waals surface area contributed by atoms with Gasteiger partial charge < -0.3 is 0 Å². The molecule has 9 heteroatoms. The molecule has 0 unspecified atom stereocenters. The lowest BCUT2D eigenvalue weighted by Gasteiger charge is -2.06. The standard InChI is InChI=1S/C10H9ClN8/c1-2-7-13-3-4-18(7)9-15-8(11)16-10(17-9)19-6-12-5-14-19/h3-6H,2H2,1H3. The Morgan fingerprint density at radius 1 is 1.21 bits per heavy atom. The summed E-state index contributed by atoms with van der Waals surface area (Å²) in [5, 5.41) is 4.05. The van der Waals surface area contributed by atoms with E-state index in [0.717, 1.165) is 12.2 Å². The Labute approximate surface area is 113 Å². The SMILES string of the molecule is CCc1nccn1-c1nc(Cl)nc(-n2cncn2)n1. The van der Waals surface area contributed by atoms with E-state index in [1.807, 2.05) is 6.92 Å². The fourth-order valence-corrected chi connectivity index (χ4v) is 1.78. The van der Waals surface area contributed by atoms with Gasteiger partial charge in [-0.1, -0.05) is 6.92 Å². The number of hydrogen-bond donors (Lipinski definition) is 0. The number of aryl methyl sites for hydroxylation is 1. The number of hydrogen-bond acceptors (Lipinski definition) is 6. The van der Waals surface area contributed by atoms with E-state index in [4.69, 9.17) is 11.6 Å². The fraction of sp³-hybridized carbons (Fsp3) is 0.200. The summed E-state index contributed by atoms with van der Waals surface area (Å²) in [6.45, 7) is 2.00. The van der Waals surface area contributed by atoms with Crippen molar-refractivity contribution in [2.45, 2.75) is 13.3 Å². The van der Waals surface area contributed by atoms with E-state index >= 15 is 0 Å². The Kier molecular flexibility index (Phi) is 2.92. The molecule has 0 amide bonds. The highest BCUT2D eigenvalue weighted by Gasteiger charge is 2.11. The number of aromatic nitrogens is 8. The van der Waals surface area contributed by atoms with Crippen LogP contribution in [0.4, 0.5) is 0 Å². The highest BCUT2D eigenvalue weighted by Crippen LogP contribution is 2.11. The molecule has 19 heavy (non-hydrogen) atoms. The Balaban J connectivity index is 2.13. The molecule has 0 saturated heterocycles. The van der Waals surface area contributed by atoms with Gasteiger partial charge in [0, 0.05) is 18.8 Å². The van der Waals surface area contributed by atoms with E-state index in [9.17, 15) is 0 Å². The van der Waals surface area contributed by atoms with Crippen LogP contribution in [0, 0.1) is 0 Å². The van der Waals surface area contributed by atoms with E-state index < -0.39 is 0 Å². The van der Waals surface area contributed by atoms with Crippen LogP contribution >= 0.6 is 11.6 Å². The summed E-state index contributed by atoms with van der Waals surface area (Å²) >= 11 is 5.92. The summed E-state index contributed by atoms with van der Waals surface area (Å²) in [4.78, 5) is 20.5. The zero-order valence-electron chi connectivity index (χ0n) is 9.97. The van der Waals surface area contributed by atoms with Crippen molar-refractivity contribution in [3.63, 3.8) is 0 Å². The second kappa shape index (κ2) is 4.73. The van der Waals surface area contributed by atoms with Gasteiger partial charge in [-0.2, -0.15) is 24.7 Å². The van der Waals surface area contributed by atoms with Crippen molar-refractivity contribution in [1.29, 1.82) is 0 Å². The second-order valence-electron chi connectivity index (χ2n) is 3.61. The predicted molar refractivity (Wildman–Crippen MR) is 66.3 cm³/mol. The summed E-state index contributed by atoms with van der Waals surface area (Å²) in [7, 11) is 0. The van der Waals surface area contributed by atoms with Gasteiger partial charge in [-0.25, -0.2) is 9.97 Å². The molecule has 3 rings (SSSR count). The minimum absolute atomic E-state index is 0.0891.